The lowest BCUT2D eigenvalue weighted by Gasteiger charge is -2.11. The van der Waals surface area contributed by atoms with Crippen molar-refractivity contribution < 1.29 is 23.1 Å². The number of aryl methyl sites for hydroxylation is 1. The lowest BCUT2D eigenvalue weighted by molar-refractivity contribution is 0.0697. The van der Waals surface area contributed by atoms with Crippen LogP contribution in [0.15, 0.2) is 24.4 Å². The summed E-state index contributed by atoms with van der Waals surface area (Å²) in [5, 5.41) is 11.3. The van der Waals surface area contributed by atoms with Crippen LogP contribution in [0.5, 0.6) is 0 Å². The van der Waals surface area contributed by atoms with Gasteiger partial charge in [0, 0.05) is 24.0 Å². The molecule has 0 unspecified atom stereocenters. The van der Waals surface area contributed by atoms with Crippen LogP contribution in [-0.4, -0.2) is 16.1 Å². The molecule has 0 aliphatic heterocycles. The van der Waals surface area contributed by atoms with Crippen LogP contribution in [0.25, 0.3) is 0 Å². The molecule has 0 spiro atoms. The number of pyridine rings is 1. The van der Waals surface area contributed by atoms with Crippen molar-refractivity contribution in [3.63, 3.8) is 0 Å². The zero-order valence-electron chi connectivity index (χ0n) is 10.2. The average molecular weight is 282 g/mol. The minimum atomic E-state index is -1.30. The highest BCUT2D eigenvalue weighted by molar-refractivity contribution is 5.94. The SMILES string of the molecule is Cc1cc(Nc2c(F)cc(F)cc2F)c(C(=O)O)cn1. The summed E-state index contributed by atoms with van der Waals surface area (Å²) >= 11 is 0. The second kappa shape index (κ2) is 5.20. The maximum absolute atomic E-state index is 13.5. The van der Waals surface area contributed by atoms with Crippen molar-refractivity contribution in [2.75, 3.05) is 5.32 Å². The minimum Gasteiger partial charge on any atom is -0.478 e. The average Bonchev–Trinajstić information content (AvgIpc) is 2.33. The number of hydrogen-bond donors (Lipinski definition) is 2. The van der Waals surface area contributed by atoms with Gasteiger partial charge in [-0.1, -0.05) is 0 Å². The van der Waals surface area contributed by atoms with Gasteiger partial charge in [0.25, 0.3) is 0 Å². The number of anilines is 2. The standard InChI is InChI=1S/C13H9F3N2O2/c1-6-2-11(8(5-17-6)13(19)20)18-12-9(15)3-7(14)4-10(12)16/h2-5H,1H3,(H,17,18)(H,19,20). The predicted octanol–water partition coefficient (Wildman–Crippen LogP) is 3.25. The van der Waals surface area contributed by atoms with E-state index < -0.39 is 29.1 Å². The van der Waals surface area contributed by atoms with Crippen LogP contribution in [0.3, 0.4) is 0 Å². The highest BCUT2D eigenvalue weighted by Crippen LogP contribution is 2.26. The fourth-order valence-corrected chi connectivity index (χ4v) is 1.63. The van der Waals surface area contributed by atoms with Crippen LogP contribution in [0.1, 0.15) is 16.1 Å². The number of benzene rings is 1. The van der Waals surface area contributed by atoms with Crippen molar-refractivity contribution in [3.8, 4) is 0 Å². The number of halogens is 3. The van der Waals surface area contributed by atoms with Crippen LogP contribution in [0, 0.1) is 24.4 Å². The van der Waals surface area contributed by atoms with Crippen molar-refractivity contribution in [2.24, 2.45) is 0 Å². The summed E-state index contributed by atoms with van der Waals surface area (Å²) in [6.07, 6.45) is 1.07. The third-order valence-corrected chi connectivity index (χ3v) is 2.54. The van der Waals surface area contributed by atoms with Crippen molar-refractivity contribution in [1.29, 1.82) is 0 Å². The Kier molecular flexibility index (Phi) is 3.60. The molecule has 1 aromatic heterocycles. The first kappa shape index (κ1) is 13.9. The largest absolute Gasteiger partial charge is 0.478 e. The van der Waals surface area contributed by atoms with Crippen molar-refractivity contribution in [3.05, 3.63) is 53.1 Å². The van der Waals surface area contributed by atoms with E-state index in [1.165, 1.54) is 6.07 Å². The number of nitrogens with zero attached hydrogens (tertiary/aromatic N) is 1. The highest BCUT2D eigenvalue weighted by atomic mass is 19.1. The molecule has 7 heteroatoms. The van der Waals surface area contributed by atoms with Crippen molar-refractivity contribution >= 4 is 17.3 Å². The van der Waals surface area contributed by atoms with E-state index in [0.29, 0.717) is 17.8 Å². The Morgan fingerprint density at radius 3 is 2.35 bits per heavy atom. The Morgan fingerprint density at radius 1 is 1.20 bits per heavy atom. The lowest BCUT2D eigenvalue weighted by atomic mass is 10.2. The number of rotatable bonds is 3. The van der Waals surface area contributed by atoms with Gasteiger partial charge in [-0.2, -0.15) is 0 Å². The van der Waals surface area contributed by atoms with Crippen molar-refractivity contribution in [1.82, 2.24) is 4.98 Å². The Balaban J connectivity index is 2.50. The number of nitrogens with one attached hydrogen (secondary N) is 1. The molecule has 0 amide bonds. The van der Waals surface area contributed by atoms with E-state index in [4.69, 9.17) is 5.11 Å². The number of carbonyl (C=O) groups is 1. The number of aromatic carboxylic acids is 1. The molecule has 2 N–H and O–H groups in total. The molecule has 2 rings (SSSR count). The van der Waals surface area contributed by atoms with E-state index in [1.807, 2.05) is 0 Å². The molecule has 0 saturated heterocycles. The van der Waals surface area contributed by atoms with Crippen LogP contribution in [0.4, 0.5) is 24.5 Å². The Bertz CT molecular complexity index is 666. The van der Waals surface area contributed by atoms with Gasteiger partial charge in [-0.05, 0) is 13.0 Å². The third kappa shape index (κ3) is 2.71. The fraction of sp³-hybridized carbons (Fsp3) is 0.0769. The second-order valence-corrected chi connectivity index (χ2v) is 4.05. The maximum Gasteiger partial charge on any atom is 0.339 e. The minimum absolute atomic E-state index is 0.0330. The molecule has 0 atom stereocenters. The molecule has 1 heterocycles. The first-order chi connectivity index (χ1) is 9.38. The molecule has 20 heavy (non-hydrogen) atoms. The van der Waals surface area contributed by atoms with Gasteiger partial charge < -0.3 is 10.4 Å². The third-order valence-electron chi connectivity index (χ3n) is 2.54. The van der Waals surface area contributed by atoms with Gasteiger partial charge in [-0.3, -0.25) is 4.98 Å². The smallest absolute Gasteiger partial charge is 0.339 e. The summed E-state index contributed by atoms with van der Waals surface area (Å²) in [6, 6.07) is 2.32. The van der Waals surface area contributed by atoms with Gasteiger partial charge in [-0.25, -0.2) is 18.0 Å². The first-order valence-electron chi connectivity index (χ1n) is 5.50. The van der Waals surface area contributed by atoms with Gasteiger partial charge in [0.05, 0.1) is 5.69 Å². The van der Waals surface area contributed by atoms with Crippen molar-refractivity contribution in [2.45, 2.75) is 6.92 Å². The summed E-state index contributed by atoms with van der Waals surface area (Å²) in [5.41, 5.74) is -0.451. The van der Waals surface area contributed by atoms with E-state index in [2.05, 4.69) is 10.3 Å². The van der Waals surface area contributed by atoms with E-state index in [-0.39, 0.29) is 11.3 Å². The molecule has 0 aliphatic rings. The summed E-state index contributed by atoms with van der Waals surface area (Å²) < 4.78 is 39.9. The second-order valence-electron chi connectivity index (χ2n) is 4.05. The Morgan fingerprint density at radius 2 is 1.80 bits per heavy atom. The van der Waals surface area contributed by atoms with Gasteiger partial charge in [0.2, 0.25) is 0 Å². The number of carboxylic acid groups (broad SMARTS) is 1. The molecule has 2 aromatic rings. The fourth-order valence-electron chi connectivity index (χ4n) is 1.63. The molecule has 0 aliphatic carbocycles. The molecule has 0 fully saturated rings. The highest BCUT2D eigenvalue weighted by Gasteiger charge is 2.16. The van der Waals surface area contributed by atoms with Crippen LogP contribution in [-0.2, 0) is 0 Å². The van der Waals surface area contributed by atoms with Gasteiger partial charge >= 0.3 is 5.97 Å². The monoisotopic (exact) mass is 282 g/mol. The Hall–Kier alpha value is -2.57. The van der Waals surface area contributed by atoms with Crippen LogP contribution in [0.2, 0.25) is 0 Å². The number of aromatic nitrogens is 1. The maximum atomic E-state index is 13.5. The van der Waals surface area contributed by atoms with E-state index in [1.54, 1.807) is 6.92 Å². The topological polar surface area (TPSA) is 62.2 Å². The quantitative estimate of drug-likeness (QED) is 0.907. The summed E-state index contributed by atoms with van der Waals surface area (Å²) in [4.78, 5) is 14.8. The zero-order chi connectivity index (χ0) is 14.9. The van der Waals surface area contributed by atoms with Gasteiger partial charge in [0.15, 0.2) is 11.6 Å². The van der Waals surface area contributed by atoms with E-state index in [9.17, 15) is 18.0 Å². The molecular weight excluding hydrogens is 273 g/mol. The first-order valence-corrected chi connectivity index (χ1v) is 5.50. The van der Waals surface area contributed by atoms with Crippen LogP contribution < -0.4 is 5.32 Å². The molecule has 0 radical (unpaired) electrons. The molecule has 104 valence electrons. The Labute approximate surface area is 111 Å². The molecule has 0 bridgehead atoms. The molecule has 0 saturated carbocycles. The number of hydrogen-bond acceptors (Lipinski definition) is 3. The molecular formula is C13H9F3N2O2. The van der Waals surface area contributed by atoms with E-state index in [0.717, 1.165) is 6.20 Å². The van der Waals surface area contributed by atoms with Gasteiger partial charge in [0.1, 0.15) is 17.1 Å². The summed E-state index contributed by atoms with van der Waals surface area (Å²) in [6.45, 7) is 1.59. The van der Waals surface area contributed by atoms with Crippen LogP contribution >= 0.6 is 0 Å². The molecule has 1 aromatic carbocycles. The number of carboxylic acids is 1. The van der Waals surface area contributed by atoms with E-state index >= 15 is 0 Å². The summed E-state index contributed by atoms with van der Waals surface area (Å²) in [5.74, 6) is -4.68. The van der Waals surface area contributed by atoms with Gasteiger partial charge in [-0.15, -0.1) is 0 Å². The predicted molar refractivity (Wildman–Crippen MR) is 65.5 cm³/mol. The zero-order valence-corrected chi connectivity index (χ0v) is 10.2. The normalized spacial score (nSPS) is 10.4. The summed E-state index contributed by atoms with van der Waals surface area (Å²) in [7, 11) is 0. The lowest BCUT2D eigenvalue weighted by Crippen LogP contribution is -2.06. The molecule has 4 nitrogen and oxygen atoms in total.